The van der Waals surface area contributed by atoms with Gasteiger partial charge in [-0.05, 0) is 0 Å². The molecule has 0 unspecified atom stereocenters. The van der Waals surface area contributed by atoms with Crippen molar-refractivity contribution < 1.29 is 58.9 Å². The molecule has 0 aliphatic heterocycles. The van der Waals surface area contributed by atoms with Crippen LogP contribution in [0.1, 0.15) is 0 Å². The minimum absolute atomic E-state index is 0. The third kappa shape index (κ3) is 129. The van der Waals surface area contributed by atoms with Gasteiger partial charge < -0.3 is 20.2 Å². The standard InChI is InChI=1S/Ca.Fe.Mn.H3O4P.H2O.2H/c;;;1-5(2,3)4;;;/h;;;(H3,1,2,3,4);1H2;;. The van der Waals surface area contributed by atoms with Gasteiger partial charge in [0.15, 0.2) is 0 Å². The van der Waals surface area contributed by atoms with Crippen molar-refractivity contribution in [2.45, 2.75) is 0 Å². The fourth-order valence-electron chi connectivity index (χ4n) is 0. The van der Waals surface area contributed by atoms with Crippen molar-refractivity contribution in [3.63, 3.8) is 0 Å². The van der Waals surface area contributed by atoms with Gasteiger partial charge in [0, 0.05) is 34.1 Å². The van der Waals surface area contributed by atoms with Crippen LogP contribution >= 0.6 is 7.82 Å². The second kappa shape index (κ2) is 13.0. The van der Waals surface area contributed by atoms with E-state index in [1.165, 1.54) is 0 Å². The minimum Gasteiger partial charge on any atom is 0 e. The van der Waals surface area contributed by atoms with Gasteiger partial charge in [0.05, 0.1) is 0 Å². The summed E-state index contributed by atoms with van der Waals surface area (Å²) in [6.45, 7) is 0. The van der Waals surface area contributed by atoms with Crippen LogP contribution in [-0.2, 0) is 38.7 Å². The number of hydrogen-bond acceptors (Lipinski definition) is 1. The Morgan fingerprint density at radius 2 is 1.11 bits per heavy atom. The van der Waals surface area contributed by atoms with Crippen molar-refractivity contribution in [3.8, 4) is 0 Å². The largest absolute Gasteiger partial charge is 0 e. The van der Waals surface area contributed by atoms with Crippen molar-refractivity contribution in [1.82, 2.24) is 0 Å². The van der Waals surface area contributed by atoms with Crippen LogP contribution in [0.15, 0.2) is 0 Å². The molecule has 0 spiro atoms. The van der Waals surface area contributed by atoms with Gasteiger partial charge in [-0.3, -0.25) is 0 Å². The topological polar surface area (TPSA) is 109 Å². The van der Waals surface area contributed by atoms with E-state index in [1.54, 1.807) is 0 Å². The summed E-state index contributed by atoms with van der Waals surface area (Å²) in [5, 5.41) is 0. The first-order chi connectivity index (χ1) is 2.00. The van der Waals surface area contributed by atoms with E-state index in [1.807, 2.05) is 0 Å². The summed E-state index contributed by atoms with van der Waals surface area (Å²) in [5.41, 5.74) is 0. The Balaban J connectivity index is -0.0000000133. The summed E-state index contributed by atoms with van der Waals surface area (Å²) in [6, 6.07) is 0. The fourth-order valence-corrected chi connectivity index (χ4v) is 0. The van der Waals surface area contributed by atoms with Crippen molar-refractivity contribution in [1.29, 1.82) is 0 Å². The summed E-state index contributed by atoms with van der Waals surface area (Å²) in [5.74, 6) is 0. The molecule has 0 heterocycles. The predicted octanol–water partition coefficient (Wildman–Crippen LogP) is -2.67. The first-order valence-electron chi connectivity index (χ1n) is 0.783. The maximum absolute atomic E-state index is 8.88. The summed E-state index contributed by atoms with van der Waals surface area (Å²) < 4.78 is 8.88. The molecule has 1 radical (unpaired) electrons. The maximum Gasteiger partial charge on any atom is 0 e. The molecule has 0 aromatic rings. The molecule has 0 saturated carbocycles. The average molecular weight is 269 g/mol. The molecule has 0 bridgehead atoms. The van der Waals surface area contributed by atoms with Gasteiger partial charge in [0.25, 0.3) is 0 Å². The zero-order valence-corrected chi connectivity index (χ0v) is 6.61. The SMILES string of the molecule is O.O=P(O)(O)O.[CaH2].[Fe].[Mn]. The van der Waals surface area contributed by atoms with Gasteiger partial charge in [-0.15, -0.1) is 0 Å². The third-order valence-electron chi connectivity index (χ3n) is 0. The number of phosphoric acid groups is 1. The van der Waals surface area contributed by atoms with Crippen LogP contribution in [0.25, 0.3) is 0 Å². The Morgan fingerprint density at radius 1 is 1.11 bits per heavy atom. The molecule has 0 rings (SSSR count). The predicted molar refractivity (Wildman–Crippen MR) is 26.4 cm³/mol. The molecule has 9 heteroatoms. The minimum atomic E-state index is -4.64. The van der Waals surface area contributed by atoms with E-state index in [9.17, 15) is 0 Å². The van der Waals surface area contributed by atoms with E-state index in [-0.39, 0.29) is 77.4 Å². The van der Waals surface area contributed by atoms with Gasteiger partial charge in [0.2, 0.25) is 0 Å². The van der Waals surface area contributed by atoms with Crippen LogP contribution in [-0.4, -0.2) is 57.9 Å². The zero-order valence-electron chi connectivity index (χ0n) is 3.43. The van der Waals surface area contributed by atoms with Gasteiger partial charge >= 0.3 is 45.6 Å². The molecule has 0 fully saturated rings. The van der Waals surface area contributed by atoms with Crippen molar-refractivity contribution in [3.05, 3.63) is 0 Å². The fraction of sp³-hybridized carbons (Fsp3) is 0. The van der Waals surface area contributed by atoms with E-state index in [0.717, 1.165) is 0 Å². The number of hydrogen-bond donors (Lipinski definition) is 3. The Bertz CT molecular complexity index is 63.1. The molecule has 0 aliphatic carbocycles. The summed E-state index contributed by atoms with van der Waals surface area (Å²) in [7, 11) is -4.64. The van der Waals surface area contributed by atoms with Crippen LogP contribution in [0, 0.1) is 0 Å². The molecular weight excluding hydrogens is 262 g/mol. The second-order valence-corrected chi connectivity index (χ2v) is 1.54. The average Bonchev–Trinajstić information content (AvgIpc) is 0.722. The molecule has 5 nitrogen and oxygen atoms in total. The van der Waals surface area contributed by atoms with Gasteiger partial charge in [-0.25, -0.2) is 4.57 Å². The molecule has 0 aliphatic rings. The Labute approximate surface area is 103 Å². The summed E-state index contributed by atoms with van der Waals surface area (Å²) in [6.07, 6.45) is 0. The molecule has 0 aromatic carbocycles. The van der Waals surface area contributed by atoms with Gasteiger partial charge in [0.1, 0.15) is 0 Å². The number of rotatable bonds is 0. The maximum atomic E-state index is 8.88. The van der Waals surface area contributed by atoms with Crippen molar-refractivity contribution in [2.24, 2.45) is 0 Å². The molecule has 0 amide bonds. The van der Waals surface area contributed by atoms with Gasteiger partial charge in [-0.1, -0.05) is 0 Å². The third-order valence-corrected chi connectivity index (χ3v) is 0. The summed E-state index contributed by atoms with van der Waals surface area (Å²) >= 11 is 0. The molecule has 0 saturated heterocycles. The van der Waals surface area contributed by atoms with Crippen molar-refractivity contribution in [2.75, 3.05) is 0 Å². The van der Waals surface area contributed by atoms with Crippen LogP contribution < -0.4 is 0 Å². The van der Waals surface area contributed by atoms with E-state index in [4.69, 9.17) is 19.2 Å². The van der Waals surface area contributed by atoms with Crippen LogP contribution in [0.5, 0.6) is 0 Å². The first-order valence-corrected chi connectivity index (χ1v) is 2.35. The molecule has 0 aromatic heterocycles. The van der Waals surface area contributed by atoms with Crippen LogP contribution in [0.2, 0.25) is 0 Å². The summed E-state index contributed by atoms with van der Waals surface area (Å²) in [4.78, 5) is 21.6. The Kier molecular flexibility index (Phi) is 43.5. The monoisotopic (exact) mass is 269 g/mol. The smallest absolute Gasteiger partial charge is 0 e. The van der Waals surface area contributed by atoms with E-state index >= 15 is 0 Å². The molecule has 9 heavy (non-hydrogen) atoms. The zero-order chi connectivity index (χ0) is 4.50. The van der Waals surface area contributed by atoms with Crippen molar-refractivity contribution >= 4 is 45.6 Å². The molecular formula is H7CaFeMnO5P. The van der Waals surface area contributed by atoms with E-state index < -0.39 is 7.82 Å². The normalized spacial score (nSPS) is 6.56. The van der Waals surface area contributed by atoms with Gasteiger partial charge in [-0.2, -0.15) is 0 Å². The molecule has 0 atom stereocenters. The molecule has 59 valence electrons. The van der Waals surface area contributed by atoms with Crippen LogP contribution in [0.3, 0.4) is 0 Å². The van der Waals surface area contributed by atoms with E-state index in [0.29, 0.717) is 0 Å². The Hall–Kier alpha value is 2.37. The van der Waals surface area contributed by atoms with E-state index in [2.05, 4.69) is 0 Å². The van der Waals surface area contributed by atoms with Crippen LogP contribution in [0.4, 0.5) is 0 Å². The second-order valence-electron chi connectivity index (χ2n) is 0.513. The molecule has 5 N–H and O–H groups in total. The first kappa shape index (κ1) is 30.1. The Morgan fingerprint density at radius 3 is 1.11 bits per heavy atom. The quantitative estimate of drug-likeness (QED) is 0.329.